The van der Waals surface area contributed by atoms with Gasteiger partial charge in [0.15, 0.2) is 0 Å². The normalized spacial score (nSPS) is 11.2. The summed E-state index contributed by atoms with van der Waals surface area (Å²) in [7, 11) is 1.31. The van der Waals surface area contributed by atoms with Crippen LogP contribution in [0.15, 0.2) is 64.1 Å². The molecule has 4 aromatic rings. The number of methoxy groups -OCH3 is 1. The number of fused-ring (bicyclic) bond motifs is 1. The molecular weight excluding hydrogens is 398 g/mol. The van der Waals surface area contributed by atoms with E-state index in [0.717, 1.165) is 15.8 Å². The molecule has 8 heteroatoms. The number of esters is 1. The summed E-state index contributed by atoms with van der Waals surface area (Å²) in [5, 5.41) is 5.17. The van der Waals surface area contributed by atoms with Crippen LogP contribution in [0.1, 0.15) is 16.1 Å². The van der Waals surface area contributed by atoms with Gasteiger partial charge in [0.1, 0.15) is 11.5 Å². The molecule has 0 saturated carbocycles. The van der Waals surface area contributed by atoms with Gasteiger partial charge < -0.3 is 9.15 Å². The first-order valence-electron chi connectivity index (χ1n) is 8.27. The number of aromatic nitrogens is 1. The summed E-state index contributed by atoms with van der Waals surface area (Å²) in [6.45, 7) is 0. The molecule has 0 radical (unpaired) electrons. The van der Waals surface area contributed by atoms with Gasteiger partial charge in [0, 0.05) is 5.56 Å². The molecule has 0 atom stereocenters. The third-order valence-electron chi connectivity index (χ3n) is 3.93. The van der Waals surface area contributed by atoms with Crippen molar-refractivity contribution in [2.24, 2.45) is 5.10 Å². The van der Waals surface area contributed by atoms with E-state index in [1.165, 1.54) is 18.4 Å². The summed E-state index contributed by atoms with van der Waals surface area (Å²) in [5.74, 6) is 0.696. The van der Waals surface area contributed by atoms with Crippen LogP contribution in [0.4, 0.5) is 5.13 Å². The maximum Gasteiger partial charge on any atom is 0.339 e. The molecule has 0 spiro atoms. The summed E-state index contributed by atoms with van der Waals surface area (Å²) in [6.07, 6.45) is 1.57. The first-order valence-corrected chi connectivity index (χ1v) is 9.46. The van der Waals surface area contributed by atoms with Gasteiger partial charge in [-0.05, 0) is 36.4 Å². The number of rotatable bonds is 5. The van der Waals surface area contributed by atoms with Crippen LogP contribution in [0.2, 0.25) is 5.02 Å². The molecule has 0 bridgehead atoms. The number of para-hydroxylation sites is 1. The van der Waals surface area contributed by atoms with E-state index in [2.05, 4.69) is 15.5 Å². The SMILES string of the molecule is COC(=O)c1ccc(-c2ccc(/C=N\Nc3nc4ccccc4s3)o2)cc1Cl. The number of hydrazone groups is 1. The van der Waals surface area contributed by atoms with Crippen molar-refractivity contribution in [2.45, 2.75) is 0 Å². The minimum absolute atomic E-state index is 0.300. The van der Waals surface area contributed by atoms with Crippen LogP contribution in [-0.4, -0.2) is 24.3 Å². The van der Waals surface area contributed by atoms with E-state index < -0.39 is 5.97 Å². The molecule has 6 nitrogen and oxygen atoms in total. The lowest BCUT2D eigenvalue weighted by Gasteiger charge is -2.04. The molecule has 0 amide bonds. The molecule has 4 rings (SSSR count). The number of ether oxygens (including phenoxy) is 1. The van der Waals surface area contributed by atoms with E-state index in [4.69, 9.17) is 20.8 Å². The fourth-order valence-electron chi connectivity index (χ4n) is 2.59. The van der Waals surface area contributed by atoms with E-state index in [0.29, 0.717) is 27.2 Å². The summed E-state index contributed by atoms with van der Waals surface area (Å²) in [4.78, 5) is 16.1. The van der Waals surface area contributed by atoms with Gasteiger partial charge in [-0.25, -0.2) is 9.78 Å². The van der Waals surface area contributed by atoms with Crippen molar-refractivity contribution < 1.29 is 13.9 Å². The van der Waals surface area contributed by atoms with Crippen molar-refractivity contribution in [1.82, 2.24) is 4.98 Å². The Bertz CT molecular complexity index is 1150. The monoisotopic (exact) mass is 411 g/mol. The zero-order valence-electron chi connectivity index (χ0n) is 14.7. The van der Waals surface area contributed by atoms with Gasteiger partial charge in [0.05, 0.1) is 34.1 Å². The van der Waals surface area contributed by atoms with Gasteiger partial charge in [-0.15, -0.1) is 0 Å². The Morgan fingerprint density at radius 1 is 1.25 bits per heavy atom. The average molecular weight is 412 g/mol. The largest absolute Gasteiger partial charge is 0.465 e. The molecule has 0 aliphatic carbocycles. The number of benzene rings is 2. The van der Waals surface area contributed by atoms with Crippen molar-refractivity contribution in [2.75, 3.05) is 12.5 Å². The van der Waals surface area contributed by atoms with Crippen LogP contribution in [0.25, 0.3) is 21.5 Å². The predicted octanol–water partition coefficient (Wildman–Crippen LogP) is 5.44. The van der Waals surface area contributed by atoms with Crippen LogP contribution < -0.4 is 5.43 Å². The number of hydrogen-bond donors (Lipinski definition) is 1. The van der Waals surface area contributed by atoms with E-state index in [1.807, 2.05) is 30.3 Å². The van der Waals surface area contributed by atoms with Crippen LogP contribution in [0, 0.1) is 0 Å². The van der Waals surface area contributed by atoms with Crippen molar-refractivity contribution in [3.8, 4) is 11.3 Å². The summed E-state index contributed by atoms with van der Waals surface area (Å²) in [5.41, 5.74) is 4.89. The number of halogens is 1. The summed E-state index contributed by atoms with van der Waals surface area (Å²) in [6, 6.07) is 16.5. The van der Waals surface area contributed by atoms with Gasteiger partial charge in [0.2, 0.25) is 5.13 Å². The lowest BCUT2D eigenvalue weighted by molar-refractivity contribution is 0.0601. The van der Waals surface area contributed by atoms with Crippen LogP contribution >= 0.6 is 22.9 Å². The summed E-state index contributed by atoms with van der Waals surface area (Å²) < 4.78 is 11.5. The smallest absolute Gasteiger partial charge is 0.339 e. The molecule has 2 heterocycles. The Balaban J connectivity index is 1.47. The molecule has 0 aliphatic rings. The van der Waals surface area contributed by atoms with Crippen molar-refractivity contribution in [3.63, 3.8) is 0 Å². The van der Waals surface area contributed by atoms with Gasteiger partial charge in [-0.3, -0.25) is 5.43 Å². The highest BCUT2D eigenvalue weighted by Gasteiger charge is 2.13. The fraction of sp³-hybridized carbons (Fsp3) is 0.0500. The highest BCUT2D eigenvalue weighted by atomic mass is 35.5. The number of furan rings is 1. The highest BCUT2D eigenvalue weighted by molar-refractivity contribution is 7.22. The molecule has 140 valence electrons. The molecule has 1 N–H and O–H groups in total. The minimum atomic E-state index is -0.482. The third-order valence-corrected chi connectivity index (χ3v) is 5.19. The predicted molar refractivity (Wildman–Crippen MR) is 111 cm³/mol. The standard InChI is InChI=1S/C20H14ClN3O3S/c1-26-19(25)14-8-6-12(10-15(14)21)17-9-7-13(27-17)11-22-24-20-23-16-4-2-3-5-18(16)28-20/h2-11H,1H3,(H,23,24)/b22-11-. The molecule has 28 heavy (non-hydrogen) atoms. The molecule has 0 fully saturated rings. The molecular formula is C20H14ClN3O3S. The second-order valence-corrected chi connectivity index (χ2v) is 7.18. The topological polar surface area (TPSA) is 76.7 Å². The molecule has 2 aromatic heterocycles. The Labute approximate surface area is 169 Å². The van der Waals surface area contributed by atoms with Crippen molar-refractivity contribution in [1.29, 1.82) is 0 Å². The first kappa shape index (κ1) is 18.2. The summed E-state index contributed by atoms with van der Waals surface area (Å²) >= 11 is 7.68. The maximum atomic E-state index is 11.6. The van der Waals surface area contributed by atoms with E-state index >= 15 is 0 Å². The van der Waals surface area contributed by atoms with Crippen LogP contribution in [0.5, 0.6) is 0 Å². The van der Waals surface area contributed by atoms with Gasteiger partial charge in [-0.2, -0.15) is 5.10 Å². The molecule has 2 aromatic carbocycles. The van der Waals surface area contributed by atoms with E-state index in [-0.39, 0.29) is 0 Å². The lowest BCUT2D eigenvalue weighted by Crippen LogP contribution is -2.01. The van der Waals surface area contributed by atoms with Crippen LogP contribution in [-0.2, 0) is 4.74 Å². The quantitative estimate of drug-likeness (QED) is 0.269. The zero-order chi connectivity index (χ0) is 19.5. The number of nitrogens with one attached hydrogen (secondary N) is 1. The van der Waals surface area contributed by atoms with Crippen molar-refractivity contribution in [3.05, 3.63) is 70.9 Å². The van der Waals surface area contributed by atoms with E-state index in [1.54, 1.807) is 30.5 Å². The Morgan fingerprint density at radius 2 is 2.11 bits per heavy atom. The molecule has 0 unspecified atom stereocenters. The number of thiazole rings is 1. The third kappa shape index (κ3) is 3.76. The number of carbonyl (C=O) groups excluding carboxylic acids is 1. The number of nitrogens with zero attached hydrogens (tertiary/aromatic N) is 2. The number of hydrogen-bond acceptors (Lipinski definition) is 7. The molecule has 0 aliphatic heterocycles. The first-order chi connectivity index (χ1) is 13.6. The Morgan fingerprint density at radius 3 is 2.89 bits per heavy atom. The van der Waals surface area contributed by atoms with E-state index in [9.17, 15) is 4.79 Å². The number of carbonyl (C=O) groups is 1. The second kappa shape index (κ2) is 7.84. The maximum absolute atomic E-state index is 11.6. The van der Waals surface area contributed by atoms with Gasteiger partial charge in [-0.1, -0.05) is 41.1 Å². The minimum Gasteiger partial charge on any atom is -0.465 e. The van der Waals surface area contributed by atoms with Gasteiger partial charge in [0.25, 0.3) is 0 Å². The van der Waals surface area contributed by atoms with Crippen LogP contribution in [0.3, 0.4) is 0 Å². The number of anilines is 1. The molecule has 0 saturated heterocycles. The van der Waals surface area contributed by atoms with Gasteiger partial charge >= 0.3 is 5.97 Å². The fourth-order valence-corrected chi connectivity index (χ4v) is 3.67. The lowest BCUT2D eigenvalue weighted by atomic mass is 10.1. The Hall–Kier alpha value is -3.16. The highest BCUT2D eigenvalue weighted by Crippen LogP contribution is 2.28. The zero-order valence-corrected chi connectivity index (χ0v) is 16.3. The Kier molecular flexibility index (Phi) is 5.10. The second-order valence-electron chi connectivity index (χ2n) is 5.74. The van der Waals surface area contributed by atoms with Crippen molar-refractivity contribution >= 4 is 50.5 Å². The average Bonchev–Trinajstić information content (AvgIpc) is 3.34.